The number of fused-ring (bicyclic) bond motifs is 1. The quantitative estimate of drug-likeness (QED) is 0.608. The van der Waals surface area contributed by atoms with E-state index in [-0.39, 0.29) is 5.54 Å². The van der Waals surface area contributed by atoms with E-state index < -0.39 is 0 Å². The van der Waals surface area contributed by atoms with E-state index in [1.165, 1.54) is 21.9 Å². The van der Waals surface area contributed by atoms with Gasteiger partial charge in [0, 0.05) is 43.9 Å². The zero-order chi connectivity index (χ0) is 14.2. The molecule has 0 amide bonds. The van der Waals surface area contributed by atoms with Crippen molar-refractivity contribution in [2.45, 2.75) is 26.3 Å². The van der Waals surface area contributed by atoms with Crippen molar-refractivity contribution in [3.63, 3.8) is 0 Å². The van der Waals surface area contributed by atoms with E-state index in [0.717, 1.165) is 0 Å². The smallest absolute Gasteiger partial charge is 0.177 e. The van der Waals surface area contributed by atoms with Crippen molar-refractivity contribution in [3.8, 4) is 11.1 Å². The molecule has 0 unspecified atom stereocenters. The van der Waals surface area contributed by atoms with Crippen LogP contribution in [0, 0.1) is 0 Å². The molecule has 2 nitrogen and oxygen atoms in total. The van der Waals surface area contributed by atoms with Gasteiger partial charge in [0.15, 0.2) is 17.9 Å². The van der Waals surface area contributed by atoms with Crippen LogP contribution in [0.15, 0.2) is 61.2 Å². The summed E-state index contributed by atoms with van der Waals surface area (Å²) in [5.74, 6) is 0. The molecule has 0 saturated carbocycles. The highest BCUT2D eigenvalue weighted by atomic mass is 15.0. The van der Waals surface area contributed by atoms with Crippen molar-refractivity contribution in [2.24, 2.45) is 0 Å². The van der Waals surface area contributed by atoms with Gasteiger partial charge in [-0.25, -0.2) is 0 Å². The minimum atomic E-state index is 0.0613. The van der Waals surface area contributed by atoms with Crippen molar-refractivity contribution in [2.75, 3.05) is 0 Å². The van der Waals surface area contributed by atoms with Gasteiger partial charge in [0.05, 0.1) is 5.56 Å². The third-order valence-corrected chi connectivity index (χ3v) is 3.56. The van der Waals surface area contributed by atoms with E-state index >= 15 is 0 Å². The van der Waals surface area contributed by atoms with E-state index in [1.54, 1.807) is 0 Å². The van der Waals surface area contributed by atoms with Crippen molar-refractivity contribution in [1.82, 2.24) is 4.98 Å². The molecule has 3 aromatic rings. The topological polar surface area (TPSA) is 16.8 Å². The predicted octanol–water partition coefficient (Wildman–Crippen LogP) is 3.94. The second-order valence-corrected chi connectivity index (χ2v) is 6.07. The van der Waals surface area contributed by atoms with Crippen molar-refractivity contribution in [3.05, 3.63) is 61.2 Å². The largest absolute Gasteiger partial charge is 0.265 e. The van der Waals surface area contributed by atoms with Gasteiger partial charge in [-0.05, 0) is 23.8 Å². The summed E-state index contributed by atoms with van der Waals surface area (Å²) in [4.78, 5) is 4.12. The van der Waals surface area contributed by atoms with Crippen molar-refractivity contribution < 1.29 is 4.57 Å². The SMILES string of the molecule is CC(C)(C)[n+]1cc(-c2ccncc2)c2ccccc2c1. The molecular weight excluding hydrogens is 244 g/mol. The van der Waals surface area contributed by atoms with Crippen LogP contribution in [-0.4, -0.2) is 4.98 Å². The molecule has 2 aromatic heterocycles. The van der Waals surface area contributed by atoms with E-state index in [0.29, 0.717) is 0 Å². The number of benzene rings is 1. The molecule has 0 fully saturated rings. The summed E-state index contributed by atoms with van der Waals surface area (Å²) < 4.78 is 2.28. The first kappa shape index (κ1) is 12.8. The number of hydrogen-bond donors (Lipinski definition) is 0. The number of nitrogens with zero attached hydrogens (tertiary/aromatic N) is 2. The first-order valence-corrected chi connectivity index (χ1v) is 6.91. The summed E-state index contributed by atoms with van der Waals surface area (Å²) in [6.07, 6.45) is 8.15. The Hall–Kier alpha value is -2.22. The molecule has 100 valence electrons. The fraction of sp³-hybridized carbons (Fsp3) is 0.222. The average molecular weight is 263 g/mol. The summed E-state index contributed by atoms with van der Waals surface area (Å²) in [5.41, 5.74) is 2.52. The molecule has 0 aliphatic carbocycles. The highest BCUT2D eigenvalue weighted by molar-refractivity contribution is 5.94. The van der Waals surface area contributed by atoms with Crippen LogP contribution in [0.3, 0.4) is 0 Å². The summed E-state index contributed by atoms with van der Waals surface area (Å²) in [6, 6.07) is 12.7. The lowest BCUT2D eigenvalue weighted by molar-refractivity contribution is -0.752. The third-order valence-electron chi connectivity index (χ3n) is 3.56. The van der Waals surface area contributed by atoms with Gasteiger partial charge in [-0.2, -0.15) is 4.57 Å². The number of hydrogen-bond acceptors (Lipinski definition) is 1. The Morgan fingerprint density at radius 3 is 2.30 bits per heavy atom. The second kappa shape index (κ2) is 4.71. The molecule has 2 heteroatoms. The standard InChI is InChI=1S/C18H19N2/c1-18(2,3)20-12-15-6-4-5-7-16(15)17(13-20)14-8-10-19-11-9-14/h4-13H,1-3H3/q+1. The molecule has 0 aliphatic heterocycles. The van der Waals surface area contributed by atoms with Crippen molar-refractivity contribution >= 4 is 10.8 Å². The van der Waals surface area contributed by atoms with Crippen LogP contribution in [0.4, 0.5) is 0 Å². The van der Waals surface area contributed by atoms with Crippen LogP contribution in [0.2, 0.25) is 0 Å². The minimum Gasteiger partial charge on any atom is -0.265 e. The van der Waals surface area contributed by atoms with Crippen LogP contribution in [0.1, 0.15) is 20.8 Å². The van der Waals surface area contributed by atoms with Gasteiger partial charge in [0.25, 0.3) is 0 Å². The Morgan fingerprint density at radius 1 is 0.900 bits per heavy atom. The summed E-state index contributed by atoms with van der Waals surface area (Å²) in [5, 5.41) is 2.54. The van der Waals surface area contributed by atoms with Gasteiger partial charge in [-0.1, -0.05) is 18.2 Å². The van der Waals surface area contributed by atoms with Gasteiger partial charge < -0.3 is 0 Å². The van der Waals surface area contributed by atoms with Crippen LogP contribution in [0.5, 0.6) is 0 Å². The summed E-state index contributed by atoms with van der Waals surface area (Å²) in [6.45, 7) is 6.66. The van der Waals surface area contributed by atoms with Gasteiger partial charge in [-0.3, -0.25) is 4.98 Å². The maximum absolute atomic E-state index is 4.12. The average Bonchev–Trinajstić information content (AvgIpc) is 2.46. The molecule has 0 aliphatic rings. The molecule has 0 radical (unpaired) electrons. The lowest BCUT2D eigenvalue weighted by Gasteiger charge is -2.15. The fourth-order valence-electron chi connectivity index (χ4n) is 2.40. The van der Waals surface area contributed by atoms with E-state index in [9.17, 15) is 0 Å². The maximum Gasteiger partial charge on any atom is 0.177 e. The first-order chi connectivity index (χ1) is 9.55. The van der Waals surface area contributed by atoms with Gasteiger partial charge in [0.1, 0.15) is 0 Å². The van der Waals surface area contributed by atoms with Crippen LogP contribution in [-0.2, 0) is 5.54 Å². The van der Waals surface area contributed by atoms with Gasteiger partial charge >= 0.3 is 0 Å². The van der Waals surface area contributed by atoms with Gasteiger partial charge in [-0.15, -0.1) is 0 Å². The highest BCUT2D eigenvalue weighted by Gasteiger charge is 2.23. The molecule has 2 heterocycles. The molecule has 0 bridgehead atoms. The Morgan fingerprint density at radius 2 is 1.60 bits per heavy atom. The van der Waals surface area contributed by atoms with Crippen LogP contribution in [0.25, 0.3) is 21.9 Å². The molecule has 3 rings (SSSR count). The summed E-state index contributed by atoms with van der Waals surface area (Å²) in [7, 11) is 0. The molecule has 20 heavy (non-hydrogen) atoms. The van der Waals surface area contributed by atoms with Crippen LogP contribution < -0.4 is 4.57 Å². The zero-order valence-electron chi connectivity index (χ0n) is 12.2. The van der Waals surface area contributed by atoms with Crippen molar-refractivity contribution in [1.29, 1.82) is 0 Å². The molecule has 0 N–H and O–H groups in total. The van der Waals surface area contributed by atoms with E-state index in [2.05, 4.69) is 79.1 Å². The third kappa shape index (κ3) is 2.29. The summed E-state index contributed by atoms with van der Waals surface area (Å²) >= 11 is 0. The van der Waals surface area contributed by atoms with Crippen LogP contribution >= 0.6 is 0 Å². The normalized spacial score (nSPS) is 11.8. The molecule has 0 atom stereocenters. The molecule has 0 saturated heterocycles. The molecule has 0 spiro atoms. The van der Waals surface area contributed by atoms with E-state index in [1.807, 2.05) is 12.4 Å². The van der Waals surface area contributed by atoms with Gasteiger partial charge in [0.2, 0.25) is 0 Å². The molecule has 1 aromatic carbocycles. The minimum absolute atomic E-state index is 0.0613. The highest BCUT2D eigenvalue weighted by Crippen LogP contribution is 2.27. The lowest BCUT2D eigenvalue weighted by Crippen LogP contribution is -2.49. The zero-order valence-corrected chi connectivity index (χ0v) is 12.2. The first-order valence-electron chi connectivity index (χ1n) is 6.91. The number of aromatic nitrogens is 2. The Bertz CT molecular complexity index is 740. The lowest BCUT2D eigenvalue weighted by atomic mass is 10.00. The Balaban J connectivity index is 2.34. The Labute approximate surface area is 119 Å². The fourth-order valence-corrected chi connectivity index (χ4v) is 2.40. The maximum atomic E-state index is 4.12. The Kier molecular flexibility index (Phi) is 3.01. The predicted molar refractivity (Wildman–Crippen MR) is 82.4 cm³/mol. The number of rotatable bonds is 1. The monoisotopic (exact) mass is 263 g/mol. The number of pyridine rings is 2. The van der Waals surface area contributed by atoms with E-state index in [4.69, 9.17) is 0 Å². The molecular formula is C18H19N2+. The second-order valence-electron chi connectivity index (χ2n) is 6.07.